The van der Waals surface area contributed by atoms with Crippen molar-refractivity contribution in [2.24, 2.45) is 0 Å². The van der Waals surface area contributed by atoms with Gasteiger partial charge in [0.1, 0.15) is 0 Å². The Morgan fingerprint density at radius 1 is 0.889 bits per heavy atom. The number of aryl methyl sites for hydroxylation is 1. The normalized spacial score (nSPS) is 6.75. The molecule has 0 aliphatic carbocycles. The minimum atomic E-state index is 0. The summed E-state index contributed by atoms with van der Waals surface area (Å²) >= 11 is 0. The maximum Gasteiger partial charge on any atom is 0.0910 e. The van der Waals surface area contributed by atoms with Crippen LogP contribution < -0.4 is 5.73 Å². The summed E-state index contributed by atoms with van der Waals surface area (Å²) in [6.07, 6.45) is 17.6. The van der Waals surface area contributed by atoms with Crippen molar-refractivity contribution in [3.63, 3.8) is 0 Å². The summed E-state index contributed by atoms with van der Waals surface area (Å²) in [4.78, 5) is 10.7. The minimum Gasteiger partial charge on any atom is -0.399 e. The zero-order valence-corrected chi connectivity index (χ0v) is 18.9. The third-order valence-electron chi connectivity index (χ3n) is 3.61. The highest BCUT2D eigenvalue weighted by molar-refractivity contribution is 5.77. The second-order valence-corrected chi connectivity index (χ2v) is 6.06. The Labute approximate surface area is 228 Å². The van der Waals surface area contributed by atoms with Crippen LogP contribution in [0.4, 0.5) is 5.69 Å². The molecule has 0 atom stereocenters. The van der Waals surface area contributed by atoms with Crippen molar-refractivity contribution in [2.45, 2.75) is 53.9 Å². The molecule has 0 radical (unpaired) electrons. The number of fused-ring (bicyclic) bond motifs is 1. The van der Waals surface area contributed by atoms with Crippen molar-refractivity contribution in [2.75, 3.05) is 5.73 Å². The number of nitrogens with two attached hydrogens (primary N) is 1. The van der Waals surface area contributed by atoms with Gasteiger partial charge in [-0.2, -0.15) is 0 Å². The predicted octanol–water partition coefficient (Wildman–Crippen LogP) is 7.72. The van der Waals surface area contributed by atoms with E-state index in [-0.39, 0.29) is 26.3 Å². The maximum absolute atomic E-state index is 6.86. The van der Waals surface area contributed by atoms with Gasteiger partial charge in [-0.1, -0.05) is 41.0 Å². The first-order chi connectivity index (χ1) is 16.6. The Hall–Kier alpha value is -5.41. The molecule has 3 N–H and O–H groups in total. The molecule has 0 aliphatic heterocycles. The molecular formula is C30H46N6. The van der Waals surface area contributed by atoms with E-state index >= 15 is 0 Å². The average Bonchev–Trinajstić information content (AvgIpc) is 2.84. The summed E-state index contributed by atoms with van der Waals surface area (Å²) < 4.78 is 0. The van der Waals surface area contributed by atoms with Gasteiger partial charge in [-0.05, 0) is 113 Å². The van der Waals surface area contributed by atoms with Gasteiger partial charge in [0.15, 0.2) is 0 Å². The van der Waals surface area contributed by atoms with E-state index in [9.17, 15) is 0 Å². The molecule has 2 aromatic rings. The zero-order valence-electron chi connectivity index (χ0n) is 18.9. The van der Waals surface area contributed by atoms with Crippen molar-refractivity contribution < 1.29 is 11.4 Å². The van der Waals surface area contributed by atoms with Gasteiger partial charge in [0.2, 0.25) is 0 Å². The van der Waals surface area contributed by atoms with Crippen LogP contribution in [0.3, 0.4) is 0 Å². The summed E-state index contributed by atoms with van der Waals surface area (Å²) in [5, 5.41) is 0. The fourth-order valence-corrected chi connectivity index (χ4v) is 2.24. The number of benzene rings is 1. The van der Waals surface area contributed by atoms with Crippen molar-refractivity contribution in [3.8, 4) is 83.9 Å². The lowest BCUT2D eigenvalue weighted by atomic mass is 10.1. The van der Waals surface area contributed by atoms with Crippen LogP contribution in [-0.2, 0) is 6.42 Å². The van der Waals surface area contributed by atoms with Crippen LogP contribution in [-0.4, -0.2) is 9.97 Å². The number of hydrogen-bond acceptors (Lipinski definition) is 4. The van der Waals surface area contributed by atoms with Gasteiger partial charge in [0.05, 0.1) is 16.7 Å². The second kappa shape index (κ2) is 25.8. The Bertz CT molecular complexity index is 1350. The molecule has 0 unspecified atom stereocenters. The average molecular weight is 491 g/mol. The highest BCUT2D eigenvalue weighted by atomic mass is 15.0. The predicted molar refractivity (Wildman–Crippen MR) is 168 cm³/mol. The van der Waals surface area contributed by atoms with Gasteiger partial charge < -0.3 is 5.73 Å². The van der Waals surface area contributed by atoms with E-state index in [1.165, 1.54) is 25.7 Å². The van der Waals surface area contributed by atoms with Crippen LogP contribution in [0.25, 0.3) is 21.5 Å². The summed E-state index contributed by atoms with van der Waals surface area (Å²) in [6.45, 7) is 2.22. The Morgan fingerprint density at radius 3 is 1.86 bits per heavy atom. The van der Waals surface area contributed by atoms with Gasteiger partial charge >= 0.3 is 0 Å². The number of unbranched alkanes of at least 4 members (excludes halogenated alkanes) is 3. The molecule has 0 aliphatic rings. The summed E-state index contributed by atoms with van der Waals surface area (Å²) in [7, 11) is 0. The monoisotopic (exact) mass is 490 g/mol. The van der Waals surface area contributed by atoms with E-state index in [0.717, 1.165) is 28.8 Å². The van der Waals surface area contributed by atoms with Gasteiger partial charge in [-0.3, -0.25) is 4.98 Å². The number of hydrogen-bond donors (Lipinski definition) is 2. The van der Waals surface area contributed by atoms with E-state index in [1.807, 2.05) is 24.4 Å². The largest absolute Gasteiger partial charge is 0.399 e. The third-order valence-corrected chi connectivity index (χ3v) is 3.61. The molecule has 6 heteroatoms. The highest BCUT2D eigenvalue weighted by Gasteiger charge is 2.00. The second-order valence-electron chi connectivity index (χ2n) is 6.06. The third kappa shape index (κ3) is 19.3. The number of nitrogens with one attached hydrogen (secondary N) is 1. The highest BCUT2D eigenvalue weighted by Crippen LogP contribution is 2.14. The van der Waals surface area contributed by atoms with Crippen molar-refractivity contribution >= 4 is 16.7 Å². The molecule has 1 aromatic carbocycles. The van der Waals surface area contributed by atoms with Crippen LogP contribution in [0.2, 0.25) is 0 Å². The van der Waals surface area contributed by atoms with Crippen molar-refractivity contribution in [1.29, 1.82) is 5.53 Å². The molecule has 0 saturated carbocycles. The molecule has 0 fully saturated rings. The molecule has 0 saturated heterocycles. The van der Waals surface area contributed by atoms with Crippen molar-refractivity contribution in [1.82, 2.24) is 9.97 Å². The van der Waals surface area contributed by atoms with Gasteiger partial charge in [-0.25, -0.2) is 4.98 Å². The standard InChI is InChI=1S/C14H19N3.C14H2.2CH4.HN3.8H2/c1-2-3-4-5-6-12-10-16-13-8-7-11(15)9-14(13)17-12;1-3-5-7-9-11-13-14-12-10-8-6-4-2;;;1-3-2;;;;;;;;/h7-10H,2-6,15H2,1H3;1-2H;2*1H4;1H;8*1H. The van der Waals surface area contributed by atoms with E-state index in [2.05, 4.69) is 87.9 Å². The van der Waals surface area contributed by atoms with E-state index in [0.29, 0.717) is 0 Å². The molecule has 0 spiro atoms. The van der Waals surface area contributed by atoms with Crippen LogP contribution in [0.5, 0.6) is 0 Å². The number of rotatable bonds is 5. The van der Waals surface area contributed by atoms with E-state index < -0.39 is 0 Å². The fraction of sp³-hybridized carbons (Fsp3) is 0.267. The topological polar surface area (TPSA) is 112 Å². The maximum atomic E-state index is 6.86. The number of aromatic nitrogens is 2. The van der Waals surface area contributed by atoms with Gasteiger partial charge in [-0.15, -0.1) is 18.4 Å². The van der Waals surface area contributed by atoms with Crippen LogP contribution >= 0.6 is 0 Å². The van der Waals surface area contributed by atoms with Crippen LogP contribution in [0.15, 0.2) is 24.4 Å². The number of anilines is 1. The molecule has 196 valence electrons. The molecule has 1 aromatic heterocycles. The first-order valence-electron chi connectivity index (χ1n) is 10.1. The molecule has 0 bridgehead atoms. The van der Waals surface area contributed by atoms with Gasteiger partial charge in [0.25, 0.3) is 0 Å². The fourth-order valence-electron chi connectivity index (χ4n) is 2.24. The minimum absolute atomic E-state index is 0. The molecule has 0 amide bonds. The summed E-state index contributed by atoms with van der Waals surface area (Å²) in [5.74, 6) is 28.3. The quantitative estimate of drug-likeness (QED) is 0.112. The first-order valence-corrected chi connectivity index (χ1v) is 10.1. The zero-order chi connectivity index (χ0) is 25.3. The smallest absolute Gasteiger partial charge is 0.0910 e. The molecule has 6 nitrogen and oxygen atoms in total. The van der Waals surface area contributed by atoms with Crippen LogP contribution in [0, 0.1) is 89.4 Å². The molecule has 1 heterocycles. The van der Waals surface area contributed by atoms with E-state index in [1.54, 1.807) is 4.91 Å². The van der Waals surface area contributed by atoms with Crippen LogP contribution in [0.1, 0.15) is 64.6 Å². The Balaban J connectivity index is -0.0000000421. The SMILES string of the molecule is C.C.C#CC#CC#CC#CC#CC#CC#C.CCCCCCc1cnc2ccc(N)cc2n1.[HH].[HH].[HH].[HH].[HH].[HH].[HH].[HH].[N-]=[N+]=N. The van der Waals surface area contributed by atoms with Crippen molar-refractivity contribution in [3.05, 3.63) is 40.5 Å². The lowest BCUT2D eigenvalue weighted by Crippen LogP contribution is -1.94. The summed E-state index contributed by atoms with van der Waals surface area (Å²) in [6, 6.07) is 5.66. The Morgan fingerprint density at radius 2 is 1.39 bits per heavy atom. The Kier molecular flexibility index (Phi) is 25.3. The number of nitrogens with zero attached hydrogens (tertiary/aromatic N) is 4. The molecular weight excluding hydrogens is 444 g/mol. The molecule has 2 rings (SSSR count). The lowest BCUT2D eigenvalue weighted by Gasteiger charge is -2.03. The first kappa shape index (κ1) is 35.2. The molecule has 36 heavy (non-hydrogen) atoms. The number of terminal acetylenes is 2. The van der Waals surface area contributed by atoms with E-state index in [4.69, 9.17) is 29.6 Å². The van der Waals surface area contributed by atoms with Gasteiger partial charge in [0, 0.05) is 23.3 Å². The lowest BCUT2D eigenvalue weighted by molar-refractivity contribution is 0.660. The summed E-state index contributed by atoms with van der Waals surface area (Å²) in [5.41, 5.74) is 21.6. The number of nitrogen functional groups attached to an aromatic ring is 1.